The van der Waals surface area contributed by atoms with Crippen molar-refractivity contribution >= 4 is 34.8 Å². The van der Waals surface area contributed by atoms with Gasteiger partial charge >= 0.3 is 0 Å². The molecule has 5 heterocycles. The molecule has 6 aliphatic rings. The van der Waals surface area contributed by atoms with E-state index in [1.165, 1.54) is 50.8 Å². The van der Waals surface area contributed by atoms with Crippen LogP contribution in [-0.2, 0) is 6.42 Å². The van der Waals surface area contributed by atoms with E-state index in [1.54, 1.807) is 0 Å². The molecule has 5 aliphatic heterocycles. The van der Waals surface area contributed by atoms with Crippen molar-refractivity contribution in [1.29, 1.82) is 0 Å². The third-order valence-corrected chi connectivity index (χ3v) is 10.9. The van der Waals surface area contributed by atoms with Gasteiger partial charge in [-0.25, -0.2) is 4.99 Å². The van der Waals surface area contributed by atoms with Crippen molar-refractivity contribution in [3.63, 3.8) is 0 Å². The Labute approximate surface area is 246 Å². The predicted octanol–water partition coefficient (Wildman–Crippen LogP) is 6.64. The van der Waals surface area contributed by atoms with Crippen LogP contribution in [0.25, 0.3) is 0 Å². The third kappa shape index (κ3) is 2.63. The highest BCUT2D eigenvalue weighted by molar-refractivity contribution is 5.92. The van der Waals surface area contributed by atoms with Crippen LogP contribution < -0.4 is 20.0 Å². The first-order chi connectivity index (χ1) is 20.6. The molecule has 4 aromatic rings. The van der Waals surface area contributed by atoms with Crippen LogP contribution in [0.4, 0.5) is 28.4 Å². The van der Waals surface area contributed by atoms with Crippen molar-refractivity contribution in [2.75, 3.05) is 21.7 Å². The first-order valence-corrected chi connectivity index (χ1v) is 15.1. The highest BCUT2D eigenvalue weighted by Crippen LogP contribution is 2.68. The van der Waals surface area contributed by atoms with E-state index in [0.717, 1.165) is 6.42 Å². The molecule has 6 unspecified atom stereocenters. The van der Waals surface area contributed by atoms with Crippen LogP contribution in [-0.4, -0.2) is 36.8 Å². The summed E-state index contributed by atoms with van der Waals surface area (Å²) in [6.07, 6.45) is 5.42. The summed E-state index contributed by atoms with van der Waals surface area (Å²) >= 11 is 0. The van der Waals surface area contributed by atoms with Gasteiger partial charge in [0.15, 0.2) is 0 Å². The molecule has 206 valence electrons. The van der Waals surface area contributed by atoms with Gasteiger partial charge < -0.3 is 20.0 Å². The van der Waals surface area contributed by atoms with Crippen molar-refractivity contribution in [1.82, 2.24) is 10.2 Å². The molecule has 0 amide bonds. The van der Waals surface area contributed by atoms with Crippen LogP contribution in [0.15, 0.2) is 114 Å². The van der Waals surface area contributed by atoms with E-state index in [-0.39, 0.29) is 29.8 Å². The van der Waals surface area contributed by atoms with Gasteiger partial charge in [-0.15, -0.1) is 0 Å². The first-order valence-electron chi connectivity index (χ1n) is 15.1. The van der Waals surface area contributed by atoms with Gasteiger partial charge in [-0.05, 0) is 66.6 Å². The summed E-state index contributed by atoms with van der Waals surface area (Å²) in [6, 6.07) is 36.4. The van der Waals surface area contributed by atoms with E-state index in [4.69, 9.17) is 4.99 Å². The molecule has 0 aromatic heterocycles. The number of likely N-dealkylation sites (N-methyl/N-ethyl adjacent to an activating group) is 1. The van der Waals surface area contributed by atoms with Crippen LogP contribution in [0.2, 0.25) is 0 Å². The molecule has 1 aliphatic carbocycles. The smallest absolute Gasteiger partial charge is 0.147 e. The fourth-order valence-electron chi connectivity index (χ4n) is 9.57. The van der Waals surface area contributed by atoms with Crippen molar-refractivity contribution in [2.45, 2.75) is 43.7 Å². The van der Waals surface area contributed by atoms with Crippen molar-refractivity contribution < 1.29 is 0 Å². The lowest BCUT2D eigenvalue weighted by atomic mass is 9.56. The summed E-state index contributed by atoms with van der Waals surface area (Å²) in [5, 5.41) is 3.29. The maximum atomic E-state index is 4.91. The molecule has 1 saturated heterocycles. The number of para-hydroxylation sites is 4. The third-order valence-electron chi connectivity index (χ3n) is 10.9. The molecular formula is C36H32N6. The summed E-state index contributed by atoms with van der Waals surface area (Å²) in [4.78, 5) is 15.3. The Morgan fingerprint density at radius 2 is 1.48 bits per heavy atom. The van der Waals surface area contributed by atoms with Crippen molar-refractivity contribution in [2.24, 2.45) is 10.4 Å². The maximum absolute atomic E-state index is 4.91. The fraction of sp³-hybridized carbons (Fsp3) is 0.250. The minimum absolute atomic E-state index is 0.0301. The van der Waals surface area contributed by atoms with Gasteiger partial charge in [0.05, 0.1) is 29.6 Å². The second-order valence-electron chi connectivity index (χ2n) is 12.9. The topological polar surface area (TPSA) is 37.4 Å². The zero-order valence-electron chi connectivity index (χ0n) is 23.7. The molecule has 42 heavy (non-hydrogen) atoms. The number of aliphatic imine (C=N–C) groups is 1. The van der Waals surface area contributed by atoms with Gasteiger partial charge in [0, 0.05) is 40.5 Å². The van der Waals surface area contributed by atoms with E-state index in [0.29, 0.717) is 5.92 Å². The molecule has 6 heteroatoms. The minimum Gasteiger partial charge on any atom is -0.351 e. The molecule has 0 radical (unpaired) electrons. The molecule has 10 rings (SSSR count). The highest BCUT2D eigenvalue weighted by Gasteiger charge is 2.64. The van der Waals surface area contributed by atoms with Crippen molar-refractivity contribution in [3.05, 3.63) is 126 Å². The van der Waals surface area contributed by atoms with E-state index < -0.39 is 0 Å². The molecule has 6 nitrogen and oxygen atoms in total. The zero-order chi connectivity index (χ0) is 27.7. The largest absolute Gasteiger partial charge is 0.351 e. The Morgan fingerprint density at radius 1 is 0.762 bits per heavy atom. The Morgan fingerprint density at radius 3 is 2.31 bits per heavy atom. The summed E-state index contributed by atoms with van der Waals surface area (Å²) in [5.74, 6) is 0.584. The average Bonchev–Trinajstić information content (AvgIpc) is 3.63. The fourth-order valence-corrected chi connectivity index (χ4v) is 9.57. The maximum Gasteiger partial charge on any atom is 0.147 e. The Kier molecular flexibility index (Phi) is 4.30. The summed E-state index contributed by atoms with van der Waals surface area (Å²) in [5.41, 5.74) is 12.1. The van der Waals surface area contributed by atoms with E-state index >= 15 is 0 Å². The number of hydrogen-bond acceptors (Lipinski definition) is 6. The summed E-state index contributed by atoms with van der Waals surface area (Å²) < 4.78 is 0. The molecule has 0 spiro atoms. The summed E-state index contributed by atoms with van der Waals surface area (Å²) in [7, 11) is 2.27. The first kappa shape index (κ1) is 23.1. The summed E-state index contributed by atoms with van der Waals surface area (Å²) in [6.45, 7) is 2.56. The zero-order valence-corrected chi connectivity index (χ0v) is 23.7. The minimum atomic E-state index is -0.0406. The average molecular weight is 549 g/mol. The van der Waals surface area contributed by atoms with Gasteiger partial charge in [-0.2, -0.15) is 0 Å². The van der Waals surface area contributed by atoms with E-state index in [9.17, 15) is 0 Å². The van der Waals surface area contributed by atoms with Crippen LogP contribution in [0.5, 0.6) is 0 Å². The number of benzene rings is 4. The van der Waals surface area contributed by atoms with Crippen LogP contribution in [0, 0.1) is 5.41 Å². The lowest BCUT2D eigenvalue weighted by molar-refractivity contribution is 0.0600. The Bertz CT molecular complexity index is 1830. The number of hydrogen-bond donors (Lipinski definition) is 1. The lowest BCUT2D eigenvalue weighted by Gasteiger charge is -2.57. The molecule has 0 saturated carbocycles. The molecule has 3 bridgehead atoms. The van der Waals surface area contributed by atoms with Gasteiger partial charge in [0.1, 0.15) is 12.3 Å². The van der Waals surface area contributed by atoms with E-state index in [2.05, 4.69) is 142 Å². The quantitative estimate of drug-likeness (QED) is 0.304. The number of fused-ring (bicyclic) bond motifs is 12. The number of anilines is 5. The van der Waals surface area contributed by atoms with Gasteiger partial charge in [-0.1, -0.05) is 67.6 Å². The lowest BCUT2D eigenvalue weighted by Crippen LogP contribution is -2.60. The van der Waals surface area contributed by atoms with Crippen LogP contribution in [0.3, 0.4) is 0 Å². The number of rotatable bonds is 2. The van der Waals surface area contributed by atoms with Gasteiger partial charge in [-0.3, -0.25) is 4.90 Å². The Hall–Kier alpha value is -4.55. The standard InChI is InChI=1S/C36H32N6/c1-36-19-22-16-17-27(42-30-20-37-21-38-33(30)39(2)35(36)42)25(18-22)32(36)31-24-12-6-7-13-26(24)41-29-15-9-8-14-28(29)40(34(31)41)23-10-4-3-5-11-23/h3-18,20-21,31-35H,19H2,1-2H3,(H,37,38). The van der Waals surface area contributed by atoms with Crippen LogP contribution in [0.1, 0.15) is 35.4 Å². The molecule has 1 N–H and O–H groups in total. The molecule has 4 aromatic carbocycles. The molecule has 6 atom stereocenters. The molecule has 1 fully saturated rings. The van der Waals surface area contributed by atoms with Gasteiger partial charge in [0.25, 0.3) is 0 Å². The second-order valence-corrected chi connectivity index (χ2v) is 12.9. The number of nitrogens with one attached hydrogen (secondary N) is 1. The van der Waals surface area contributed by atoms with Crippen molar-refractivity contribution in [3.8, 4) is 0 Å². The predicted molar refractivity (Wildman–Crippen MR) is 169 cm³/mol. The van der Waals surface area contributed by atoms with Gasteiger partial charge in [0.2, 0.25) is 0 Å². The highest BCUT2D eigenvalue weighted by atomic mass is 15.5. The SMILES string of the molecule is CN1C2N=CNC=C2N2c3ccc4cc3C(C3c5ccccc5N5c6ccccc6N(c6ccccc6)C35)C(C)(C4)C21. The number of nitrogens with zero attached hydrogens (tertiary/aromatic N) is 5. The molecular weight excluding hydrogens is 516 g/mol. The van der Waals surface area contributed by atoms with E-state index in [1.807, 2.05) is 6.34 Å². The monoisotopic (exact) mass is 548 g/mol. The normalized spacial score (nSPS) is 30.9. The second kappa shape index (κ2) is 7.84. The van der Waals surface area contributed by atoms with Crippen LogP contribution >= 0.6 is 0 Å². The Balaban J connectivity index is 1.24.